The Hall–Kier alpha value is -2.10. The van der Waals surface area contributed by atoms with E-state index in [0.29, 0.717) is 24.2 Å². The van der Waals surface area contributed by atoms with E-state index in [1.165, 1.54) is 0 Å². The van der Waals surface area contributed by atoms with Gasteiger partial charge >= 0.3 is 0 Å². The number of hydrogen-bond acceptors (Lipinski definition) is 3. The fourth-order valence-electron chi connectivity index (χ4n) is 2.44. The van der Waals surface area contributed by atoms with Crippen molar-refractivity contribution in [3.63, 3.8) is 0 Å². The first-order valence-corrected chi connectivity index (χ1v) is 6.11. The molecule has 2 heterocycles. The van der Waals surface area contributed by atoms with Crippen LogP contribution in [0.3, 0.4) is 0 Å². The first-order valence-electron chi connectivity index (χ1n) is 6.11. The second-order valence-electron chi connectivity index (χ2n) is 4.62. The van der Waals surface area contributed by atoms with Crippen molar-refractivity contribution in [3.8, 4) is 0 Å². The molecule has 4 heteroatoms. The molecule has 0 spiro atoms. The number of anilines is 1. The van der Waals surface area contributed by atoms with Crippen LogP contribution < -0.4 is 4.90 Å². The molecule has 1 aliphatic heterocycles. The highest BCUT2D eigenvalue weighted by Crippen LogP contribution is 2.25. The Labute approximate surface area is 105 Å². The maximum absolute atomic E-state index is 11.2. The fraction of sp³-hybridized carbons (Fsp3) is 0.286. The molecule has 0 radical (unpaired) electrons. The number of H-pyrrole nitrogens is 1. The van der Waals surface area contributed by atoms with E-state index in [2.05, 4.69) is 9.88 Å². The molecule has 92 valence electrons. The minimum atomic E-state index is 0.336. The van der Waals surface area contributed by atoms with Gasteiger partial charge in [0.05, 0.1) is 0 Å². The molecule has 0 atom stereocenters. The maximum Gasteiger partial charge on any atom is 0.152 e. The number of Topliss-reactive ketones (excluding diaryl/α,β-unsaturated/α-hetero) is 1. The van der Waals surface area contributed by atoms with Gasteiger partial charge in [-0.05, 0) is 18.2 Å². The highest BCUT2D eigenvalue weighted by Gasteiger charge is 2.17. The largest absolute Gasteiger partial charge is 0.371 e. The van der Waals surface area contributed by atoms with E-state index in [9.17, 15) is 9.59 Å². The number of rotatable bonds is 2. The molecule has 3 rings (SSSR count). The minimum absolute atomic E-state index is 0.336. The van der Waals surface area contributed by atoms with Crippen LogP contribution >= 0.6 is 0 Å². The van der Waals surface area contributed by atoms with Crippen LogP contribution in [-0.2, 0) is 4.79 Å². The van der Waals surface area contributed by atoms with Crippen LogP contribution in [0.5, 0.6) is 0 Å². The lowest BCUT2D eigenvalue weighted by atomic mass is 10.1. The van der Waals surface area contributed by atoms with Crippen molar-refractivity contribution in [2.45, 2.75) is 12.8 Å². The SMILES string of the molecule is O=Cc1c[nH]c2ccc(N3CCC(=O)CC3)cc12. The van der Waals surface area contributed by atoms with E-state index in [1.54, 1.807) is 6.20 Å². The average molecular weight is 242 g/mol. The number of piperidine rings is 1. The average Bonchev–Trinajstić information content (AvgIpc) is 2.81. The van der Waals surface area contributed by atoms with Gasteiger partial charge in [0.15, 0.2) is 6.29 Å². The van der Waals surface area contributed by atoms with Gasteiger partial charge in [-0.2, -0.15) is 0 Å². The van der Waals surface area contributed by atoms with Gasteiger partial charge in [-0.25, -0.2) is 0 Å². The zero-order valence-corrected chi connectivity index (χ0v) is 9.98. The Morgan fingerprint density at radius 2 is 2.00 bits per heavy atom. The third kappa shape index (κ3) is 1.79. The van der Waals surface area contributed by atoms with E-state index in [1.807, 2.05) is 18.2 Å². The molecule has 0 unspecified atom stereocenters. The fourth-order valence-corrected chi connectivity index (χ4v) is 2.44. The van der Waals surface area contributed by atoms with Gasteiger partial charge < -0.3 is 9.88 Å². The van der Waals surface area contributed by atoms with Crippen molar-refractivity contribution in [1.29, 1.82) is 0 Å². The van der Waals surface area contributed by atoms with Crippen LogP contribution in [0.4, 0.5) is 5.69 Å². The van der Waals surface area contributed by atoms with Gasteiger partial charge in [0.25, 0.3) is 0 Å². The van der Waals surface area contributed by atoms with Crippen molar-refractivity contribution in [2.75, 3.05) is 18.0 Å². The Balaban J connectivity index is 1.97. The summed E-state index contributed by atoms with van der Waals surface area (Å²) in [6.45, 7) is 1.54. The summed E-state index contributed by atoms with van der Waals surface area (Å²) in [7, 11) is 0. The second-order valence-corrected chi connectivity index (χ2v) is 4.62. The summed E-state index contributed by atoms with van der Waals surface area (Å²) >= 11 is 0. The molecule has 1 N–H and O–H groups in total. The first kappa shape index (κ1) is 11.0. The van der Waals surface area contributed by atoms with Crippen molar-refractivity contribution in [3.05, 3.63) is 30.0 Å². The highest BCUT2D eigenvalue weighted by molar-refractivity contribution is 5.98. The number of carbonyl (C=O) groups is 2. The summed E-state index contributed by atoms with van der Waals surface area (Å²) in [4.78, 5) is 27.4. The Kier molecular flexibility index (Phi) is 2.63. The molecule has 0 amide bonds. The van der Waals surface area contributed by atoms with Crippen LogP contribution in [0.25, 0.3) is 10.9 Å². The summed E-state index contributed by atoms with van der Waals surface area (Å²) in [5, 5.41) is 0.944. The molecule has 0 saturated carbocycles. The smallest absolute Gasteiger partial charge is 0.152 e. The zero-order chi connectivity index (χ0) is 12.5. The lowest BCUT2D eigenvalue weighted by Gasteiger charge is -2.28. The van der Waals surface area contributed by atoms with Gasteiger partial charge in [-0.1, -0.05) is 0 Å². The van der Waals surface area contributed by atoms with Crippen molar-refractivity contribution in [1.82, 2.24) is 4.98 Å². The number of nitrogens with one attached hydrogen (secondary N) is 1. The quantitative estimate of drug-likeness (QED) is 0.821. The predicted octanol–water partition coefficient (Wildman–Crippen LogP) is 2.15. The molecule has 0 aliphatic carbocycles. The summed E-state index contributed by atoms with van der Waals surface area (Å²) in [5.41, 5.74) is 2.73. The van der Waals surface area contributed by atoms with Gasteiger partial charge in [0.2, 0.25) is 0 Å². The standard InChI is InChI=1S/C14H14N2O2/c17-9-10-8-15-14-2-1-11(7-13(10)14)16-5-3-12(18)4-6-16/h1-2,7-9,15H,3-6H2. The molecule has 0 bridgehead atoms. The van der Waals surface area contributed by atoms with Crippen molar-refractivity contribution in [2.24, 2.45) is 0 Å². The molecule has 1 aliphatic rings. The van der Waals surface area contributed by atoms with Crippen molar-refractivity contribution < 1.29 is 9.59 Å². The lowest BCUT2D eigenvalue weighted by molar-refractivity contribution is -0.119. The number of nitrogens with zero attached hydrogens (tertiary/aromatic N) is 1. The van der Waals surface area contributed by atoms with E-state index in [-0.39, 0.29) is 0 Å². The van der Waals surface area contributed by atoms with Crippen molar-refractivity contribution >= 4 is 28.7 Å². The number of fused-ring (bicyclic) bond motifs is 1. The molecule has 1 aromatic heterocycles. The van der Waals surface area contributed by atoms with E-state index >= 15 is 0 Å². The van der Waals surface area contributed by atoms with Crippen LogP contribution in [0.1, 0.15) is 23.2 Å². The van der Waals surface area contributed by atoms with Crippen LogP contribution in [0, 0.1) is 0 Å². The van der Waals surface area contributed by atoms with E-state index in [4.69, 9.17) is 0 Å². The minimum Gasteiger partial charge on any atom is -0.371 e. The number of aromatic nitrogens is 1. The molecule has 1 aromatic carbocycles. The highest BCUT2D eigenvalue weighted by atomic mass is 16.1. The number of benzene rings is 1. The summed E-state index contributed by atoms with van der Waals surface area (Å²) in [6, 6.07) is 6.03. The van der Waals surface area contributed by atoms with E-state index in [0.717, 1.165) is 36.0 Å². The number of ketones is 1. The number of carbonyl (C=O) groups excluding carboxylic acids is 2. The summed E-state index contributed by atoms with van der Waals surface area (Å²) in [6.07, 6.45) is 3.82. The monoisotopic (exact) mass is 242 g/mol. The number of aromatic amines is 1. The van der Waals surface area contributed by atoms with E-state index < -0.39 is 0 Å². The molecular weight excluding hydrogens is 228 g/mol. The second kappa shape index (κ2) is 4.29. The van der Waals surface area contributed by atoms with Gasteiger partial charge in [-0.15, -0.1) is 0 Å². The van der Waals surface area contributed by atoms with Crippen LogP contribution in [-0.4, -0.2) is 30.1 Å². The Morgan fingerprint density at radius 3 is 2.72 bits per heavy atom. The topological polar surface area (TPSA) is 53.2 Å². The van der Waals surface area contributed by atoms with Gasteiger partial charge in [-0.3, -0.25) is 9.59 Å². The third-order valence-electron chi connectivity index (χ3n) is 3.51. The molecule has 4 nitrogen and oxygen atoms in total. The number of hydrogen-bond donors (Lipinski definition) is 1. The molecule has 2 aromatic rings. The van der Waals surface area contributed by atoms with Gasteiger partial charge in [0.1, 0.15) is 5.78 Å². The third-order valence-corrected chi connectivity index (χ3v) is 3.51. The summed E-state index contributed by atoms with van der Waals surface area (Å²) in [5.74, 6) is 0.336. The molecule has 1 fully saturated rings. The first-order chi connectivity index (χ1) is 8.78. The molecule has 1 saturated heterocycles. The predicted molar refractivity (Wildman–Crippen MR) is 70.1 cm³/mol. The summed E-state index contributed by atoms with van der Waals surface area (Å²) < 4.78 is 0. The molecular formula is C14H14N2O2. The maximum atomic E-state index is 11.2. The zero-order valence-electron chi connectivity index (χ0n) is 9.98. The van der Waals surface area contributed by atoms with Crippen LogP contribution in [0.2, 0.25) is 0 Å². The number of aldehydes is 1. The van der Waals surface area contributed by atoms with Crippen LogP contribution in [0.15, 0.2) is 24.4 Å². The Morgan fingerprint density at radius 1 is 1.22 bits per heavy atom. The lowest BCUT2D eigenvalue weighted by Crippen LogP contribution is -2.33. The van der Waals surface area contributed by atoms with Gasteiger partial charge in [0, 0.05) is 54.3 Å². The normalized spacial score (nSPS) is 16.2. The Bertz CT molecular complexity index is 605. The molecule has 18 heavy (non-hydrogen) atoms.